The van der Waals surface area contributed by atoms with Crippen LogP contribution in [-0.4, -0.2) is 14.6 Å². The molecule has 108 valence electrons. The second-order valence-electron chi connectivity index (χ2n) is 4.67. The standard InChI is InChI=1S/C15H9BrN4OS/c16-9-6-7-12-11(8-9)13(21)20-15(18-12)22-14(19-20)17-10-4-2-1-3-5-10/h1-8H,(H,17,19). The minimum Gasteiger partial charge on any atom is -0.330 e. The minimum absolute atomic E-state index is 0.168. The molecule has 0 aliphatic carbocycles. The van der Waals surface area contributed by atoms with E-state index >= 15 is 0 Å². The Morgan fingerprint density at radius 3 is 2.77 bits per heavy atom. The van der Waals surface area contributed by atoms with E-state index in [-0.39, 0.29) is 5.56 Å². The zero-order valence-corrected chi connectivity index (χ0v) is 13.6. The van der Waals surface area contributed by atoms with Gasteiger partial charge in [-0.25, -0.2) is 4.98 Å². The Hall–Kier alpha value is -2.25. The van der Waals surface area contributed by atoms with Gasteiger partial charge >= 0.3 is 0 Å². The molecule has 0 saturated carbocycles. The fourth-order valence-corrected chi connectivity index (χ4v) is 3.36. The number of para-hydroxylation sites is 1. The first-order chi connectivity index (χ1) is 10.7. The molecule has 0 fully saturated rings. The SMILES string of the molecule is O=c1c2cc(Br)ccc2nc2sc(Nc3ccccc3)nn12. The van der Waals surface area contributed by atoms with Crippen LogP contribution in [0.5, 0.6) is 0 Å². The number of hydrogen-bond acceptors (Lipinski definition) is 5. The van der Waals surface area contributed by atoms with Crippen LogP contribution in [0, 0.1) is 0 Å². The summed E-state index contributed by atoms with van der Waals surface area (Å²) < 4.78 is 2.18. The van der Waals surface area contributed by atoms with Crippen molar-refractivity contribution in [3.05, 3.63) is 63.4 Å². The summed E-state index contributed by atoms with van der Waals surface area (Å²) in [5, 5.41) is 8.68. The maximum atomic E-state index is 12.5. The van der Waals surface area contributed by atoms with Gasteiger partial charge in [-0.05, 0) is 30.3 Å². The minimum atomic E-state index is -0.168. The number of nitrogens with one attached hydrogen (secondary N) is 1. The van der Waals surface area contributed by atoms with Gasteiger partial charge in [-0.1, -0.05) is 45.5 Å². The number of fused-ring (bicyclic) bond motifs is 2. The lowest BCUT2D eigenvalue weighted by Gasteiger charge is -1.99. The number of hydrogen-bond donors (Lipinski definition) is 1. The van der Waals surface area contributed by atoms with Gasteiger partial charge in [0.25, 0.3) is 5.56 Å². The first-order valence-corrected chi connectivity index (χ1v) is 8.13. The molecule has 0 saturated heterocycles. The van der Waals surface area contributed by atoms with Crippen molar-refractivity contribution >= 4 is 53.9 Å². The second-order valence-corrected chi connectivity index (χ2v) is 6.54. The quantitative estimate of drug-likeness (QED) is 0.581. The maximum absolute atomic E-state index is 12.5. The van der Waals surface area contributed by atoms with Crippen LogP contribution in [0.25, 0.3) is 15.9 Å². The average molecular weight is 373 g/mol. The van der Waals surface area contributed by atoms with E-state index in [9.17, 15) is 4.79 Å². The zero-order valence-electron chi connectivity index (χ0n) is 11.2. The third kappa shape index (κ3) is 2.28. The van der Waals surface area contributed by atoms with E-state index in [2.05, 4.69) is 31.3 Å². The van der Waals surface area contributed by atoms with Crippen molar-refractivity contribution in [3.8, 4) is 0 Å². The first-order valence-electron chi connectivity index (χ1n) is 6.52. The Morgan fingerprint density at radius 1 is 1.14 bits per heavy atom. The van der Waals surface area contributed by atoms with E-state index in [0.717, 1.165) is 10.2 Å². The van der Waals surface area contributed by atoms with E-state index in [4.69, 9.17) is 0 Å². The molecule has 0 spiro atoms. The van der Waals surface area contributed by atoms with Crippen LogP contribution < -0.4 is 10.9 Å². The third-order valence-electron chi connectivity index (χ3n) is 3.18. The highest BCUT2D eigenvalue weighted by molar-refractivity contribution is 9.10. The number of anilines is 2. The molecule has 5 nitrogen and oxygen atoms in total. The van der Waals surface area contributed by atoms with Gasteiger partial charge in [-0.15, -0.1) is 5.10 Å². The second kappa shape index (κ2) is 5.19. The summed E-state index contributed by atoms with van der Waals surface area (Å²) in [5.74, 6) is 0. The van der Waals surface area contributed by atoms with Crippen LogP contribution in [0.4, 0.5) is 10.8 Å². The number of benzene rings is 2. The molecule has 0 unspecified atom stereocenters. The Morgan fingerprint density at radius 2 is 1.95 bits per heavy atom. The van der Waals surface area contributed by atoms with Gasteiger partial charge in [0.2, 0.25) is 10.1 Å². The third-order valence-corrected chi connectivity index (χ3v) is 4.50. The van der Waals surface area contributed by atoms with Crippen LogP contribution in [0.1, 0.15) is 0 Å². The highest BCUT2D eigenvalue weighted by Gasteiger charge is 2.11. The molecule has 7 heteroatoms. The van der Waals surface area contributed by atoms with Crippen molar-refractivity contribution in [2.24, 2.45) is 0 Å². The lowest BCUT2D eigenvalue weighted by atomic mass is 10.2. The van der Waals surface area contributed by atoms with E-state index in [0.29, 0.717) is 21.0 Å². The highest BCUT2D eigenvalue weighted by Crippen LogP contribution is 2.23. The molecule has 2 aromatic carbocycles. The van der Waals surface area contributed by atoms with Gasteiger partial charge in [0.15, 0.2) is 0 Å². The van der Waals surface area contributed by atoms with Crippen molar-refractivity contribution in [3.63, 3.8) is 0 Å². The van der Waals surface area contributed by atoms with Crippen LogP contribution in [0.2, 0.25) is 0 Å². The smallest absolute Gasteiger partial charge is 0.283 e. The molecule has 1 N–H and O–H groups in total. The van der Waals surface area contributed by atoms with Crippen LogP contribution in [0.3, 0.4) is 0 Å². The maximum Gasteiger partial charge on any atom is 0.283 e. The van der Waals surface area contributed by atoms with Crippen molar-refractivity contribution in [2.45, 2.75) is 0 Å². The van der Waals surface area contributed by atoms with Crippen LogP contribution in [-0.2, 0) is 0 Å². The monoisotopic (exact) mass is 372 g/mol. The molecule has 0 atom stereocenters. The van der Waals surface area contributed by atoms with Gasteiger partial charge in [-0.2, -0.15) is 4.52 Å². The Kier molecular flexibility index (Phi) is 3.16. The van der Waals surface area contributed by atoms with Crippen molar-refractivity contribution < 1.29 is 0 Å². The molecule has 2 aromatic heterocycles. The summed E-state index contributed by atoms with van der Waals surface area (Å²) in [4.78, 5) is 17.6. The van der Waals surface area contributed by atoms with Crippen LogP contribution >= 0.6 is 27.3 Å². The fourth-order valence-electron chi connectivity index (χ4n) is 2.18. The molecule has 0 bridgehead atoms. The normalized spacial score (nSPS) is 11.1. The summed E-state index contributed by atoms with van der Waals surface area (Å²) in [6.07, 6.45) is 0. The van der Waals surface area contributed by atoms with Crippen molar-refractivity contribution in [2.75, 3.05) is 5.32 Å². The van der Waals surface area contributed by atoms with Crippen molar-refractivity contribution in [1.82, 2.24) is 14.6 Å². The lowest BCUT2D eigenvalue weighted by molar-refractivity contribution is 0.919. The Labute approximate surface area is 137 Å². The van der Waals surface area contributed by atoms with Gasteiger partial charge in [0, 0.05) is 10.2 Å². The summed E-state index contributed by atoms with van der Waals surface area (Å²) in [6, 6.07) is 15.2. The molecule has 0 radical (unpaired) electrons. The zero-order chi connectivity index (χ0) is 15.1. The first kappa shape index (κ1) is 13.4. The van der Waals surface area contributed by atoms with Gasteiger partial charge in [0.1, 0.15) is 0 Å². The van der Waals surface area contributed by atoms with Gasteiger partial charge in [-0.3, -0.25) is 4.79 Å². The Balaban J connectivity index is 1.88. The predicted molar refractivity (Wildman–Crippen MR) is 92.1 cm³/mol. The summed E-state index contributed by atoms with van der Waals surface area (Å²) in [6.45, 7) is 0. The summed E-state index contributed by atoms with van der Waals surface area (Å²) in [7, 11) is 0. The molecule has 4 aromatic rings. The predicted octanol–water partition coefficient (Wildman–Crippen LogP) is 3.81. The van der Waals surface area contributed by atoms with E-state index < -0.39 is 0 Å². The number of aromatic nitrogens is 3. The van der Waals surface area contributed by atoms with E-state index in [1.165, 1.54) is 15.9 Å². The molecular formula is C15H9BrN4OS. The molecule has 4 rings (SSSR count). The number of nitrogens with zero attached hydrogens (tertiary/aromatic N) is 3. The molecule has 22 heavy (non-hydrogen) atoms. The molecule has 0 aliphatic heterocycles. The highest BCUT2D eigenvalue weighted by atomic mass is 79.9. The van der Waals surface area contributed by atoms with Crippen molar-refractivity contribution in [1.29, 1.82) is 0 Å². The number of halogens is 1. The molecule has 0 amide bonds. The topological polar surface area (TPSA) is 59.3 Å². The van der Waals surface area contributed by atoms with E-state index in [1.54, 1.807) is 6.07 Å². The lowest BCUT2D eigenvalue weighted by Crippen LogP contribution is -2.15. The average Bonchev–Trinajstić information content (AvgIpc) is 2.92. The van der Waals surface area contributed by atoms with Crippen LogP contribution in [0.15, 0.2) is 57.8 Å². The van der Waals surface area contributed by atoms with Gasteiger partial charge in [0.05, 0.1) is 10.9 Å². The summed E-state index contributed by atoms with van der Waals surface area (Å²) >= 11 is 4.72. The Bertz CT molecular complexity index is 1040. The number of rotatable bonds is 2. The largest absolute Gasteiger partial charge is 0.330 e. The fraction of sp³-hybridized carbons (Fsp3) is 0. The molecule has 0 aliphatic rings. The molecular weight excluding hydrogens is 364 g/mol. The summed E-state index contributed by atoms with van der Waals surface area (Å²) in [5.41, 5.74) is 1.42. The molecule has 2 heterocycles. The van der Waals surface area contributed by atoms with E-state index in [1.807, 2.05) is 42.5 Å². The van der Waals surface area contributed by atoms with Gasteiger partial charge < -0.3 is 5.32 Å².